The standard InChI is InChI=1S/C12H10N4O6S/c17-10-3-1-8(5-11(10)23(20,21)22)6-14-15-12-4-2-9(7-13-12)16(18)19/h1-7,17H,(H,13,15)(H,20,21,22)/b14-6-. The molecule has 0 saturated heterocycles. The number of nitrogens with one attached hydrogen (secondary N) is 1. The van der Waals surface area contributed by atoms with Gasteiger partial charge in [-0.1, -0.05) is 0 Å². The Morgan fingerprint density at radius 2 is 2.04 bits per heavy atom. The van der Waals surface area contributed by atoms with Crippen molar-refractivity contribution < 1.29 is 23.0 Å². The molecule has 0 aliphatic carbocycles. The minimum absolute atomic E-state index is 0.171. The van der Waals surface area contributed by atoms with Crippen LogP contribution >= 0.6 is 0 Å². The van der Waals surface area contributed by atoms with Crippen LogP contribution in [0.1, 0.15) is 5.56 Å². The van der Waals surface area contributed by atoms with E-state index in [0.29, 0.717) is 0 Å². The first-order valence-corrected chi connectivity index (χ1v) is 7.41. The lowest BCUT2D eigenvalue weighted by Crippen LogP contribution is -2.00. The van der Waals surface area contributed by atoms with Gasteiger partial charge in [-0.25, -0.2) is 4.98 Å². The van der Waals surface area contributed by atoms with Crippen LogP contribution in [0.2, 0.25) is 0 Å². The summed E-state index contributed by atoms with van der Waals surface area (Å²) in [5.41, 5.74) is 2.61. The molecule has 11 heteroatoms. The molecule has 0 spiro atoms. The fourth-order valence-corrected chi connectivity index (χ4v) is 2.17. The molecular weight excluding hydrogens is 328 g/mol. The highest BCUT2D eigenvalue weighted by molar-refractivity contribution is 7.86. The van der Waals surface area contributed by atoms with E-state index in [9.17, 15) is 23.6 Å². The summed E-state index contributed by atoms with van der Waals surface area (Å²) in [4.78, 5) is 13.0. The highest BCUT2D eigenvalue weighted by Crippen LogP contribution is 2.22. The molecule has 2 aromatic rings. The van der Waals surface area contributed by atoms with Crippen LogP contribution in [0.15, 0.2) is 46.5 Å². The maximum Gasteiger partial charge on any atom is 0.298 e. The Bertz CT molecular complexity index is 864. The van der Waals surface area contributed by atoms with Crippen molar-refractivity contribution in [1.29, 1.82) is 0 Å². The second kappa shape index (κ2) is 6.37. The quantitative estimate of drug-likeness (QED) is 0.319. The third-order valence-electron chi connectivity index (χ3n) is 2.61. The van der Waals surface area contributed by atoms with E-state index < -0.39 is 25.7 Å². The van der Waals surface area contributed by atoms with Gasteiger partial charge in [-0.2, -0.15) is 13.5 Å². The van der Waals surface area contributed by atoms with Crippen molar-refractivity contribution in [2.75, 3.05) is 5.43 Å². The number of anilines is 1. The highest BCUT2D eigenvalue weighted by Gasteiger charge is 2.15. The first-order valence-electron chi connectivity index (χ1n) is 5.97. The van der Waals surface area contributed by atoms with Gasteiger partial charge in [-0.3, -0.25) is 20.1 Å². The second-order valence-electron chi connectivity index (χ2n) is 4.23. The molecule has 10 nitrogen and oxygen atoms in total. The molecule has 0 atom stereocenters. The molecule has 0 aliphatic rings. The Kier molecular flexibility index (Phi) is 4.52. The maximum atomic E-state index is 11.1. The second-order valence-corrected chi connectivity index (χ2v) is 5.62. The third-order valence-corrected chi connectivity index (χ3v) is 3.50. The van der Waals surface area contributed by atoms with E-state index in [1.54, 1.807) is 0 Å². The number of rotatable bonds is 5. The molecule has 0 bridgehead atoms. The van der Waals surface area contributed by atoms with Crippen LogP contribution in [0.5, 0.6) is 5.75 Å². The van der Waals surface area contributed by atoms with E-state index in [1.807, 2.05) is 0 Å². The van der Waals surface area contributed by atoms with E-state index in [-0.39, 0.29) is 17.1 Å². The summed E-state index contributed by atoms with van der Waals surface area (Å²) in [6, 6.07) is 6.07. The predicted octanol–water partition coefficient (Wildman–Crippen LogP) is 1.39. The lowest BCUT2D eigenvalue weighted by molar-refractivity contribution is -0.385. The summed E-state index contributed by atoms with van der Waals surface area (Å²) in [5.74, 6) is -0.352. The Balaban J connectivity index is 2.13. The molecule has 1 aromatic carbocycles. The van der Waals surface area contributed by atoms with E-state index >= 15 is 0 Å². The molecule has 1 heterocycles. The van der Waals surface area contributed by atoms with Gasteiger partial charge in [0.05, 0.1) is 11.1 Å². The van der Waals surface area contributed by atoms with Gasteiger partial charge in [0.15, 0.2) is 0 Å². The topological polar surface area (TPSA) is 155 Å². The molecule has 23 heavy (non-hydrogen) atoms. The number of nitro groups is 1. The van der Waals surface area contributed by atoms with Crippen LogP contribution in [0.25, 0.3) is 0 Å². The molecule has 0 amide bonds. The molecule has 0 radical (unpaired) electrons. The number of pyridine rings is 1. The first kappa shape index (κ1) is 16.3. The van der Waals surface area contributed by atoms with Crippen molar-refractivity contribution in [3.63, 3.8) is 0 Å². The number of hydrazone groups is 1. The molecule has 0 saturated carbocycles. The van der Waals surface area contributed by atoms with Crippen molar-refractivity contribution in [1.82, 2.24) is 4.98 Å². The van der Waals surface area contributed by atoms with E-state index in [2.05, 4.69) is 15.5 Å². The van der Waals surface area contributed by atoms with Crippen LogP contribution in [0.4, 0.5) is 11.5 Å². The molecular formula is C12H10N4O6S. The monoisotopic (exact) mass is 338 g/mol. The molecule has 2 rings (SSSR count). The van der Waals surface area contributed by atoms with Crippen LogP contribution in [0, 0.1) is 10.1 Å². The summed E-state index contributed by atoms with van der Waals surface area (Å²) in [6.07, 6.45) is 2.27. The molecule has 1 aromatic heterocycles. The zero-order valence-electron chi connectivity index (χ0n) is 11.3. The molecule has 0 unspecified atom stereocenters. The summed E-state index contributed by atoms with van der Waals surface area (Å²) < 4.78 is 31.1. The molecule has 120 valence electrons. The van der Waals surface area contributed by atoms with Crippen molar-refractivity contribution in [3.8, 4) is 5.75 Å². The number of aromatic hydroxyl groups is 1. The van der Waals surface area contributed by atoms with Crippen LogP contribution < -0.4 is 5.43 Å². The van der Waals surface area contributed by atoms with Gasteiger partial charge >= 0.3 is 0 Å². The summed E-state index contributed by atoms with van der Waals surface area (Å²) >= 11 is 0. The number of phenolic OH excluding ortho intramolecular Hbond substituents is 1. The zero-order valence-corrected chi connectivity index (χ0v) is 12.1. The SMILES string of the molecule is O=[N+]([O-])c1ccc(N/N=C\c2ccc(O)c(S(=O)(=O)O)c2)nc1. The lowest BCUT2D eigenvalue weighted by atomic mass is 10.2. The number of hydrogen-bond donors (Lipinski definition) is 3. The number of benzene rings is 1. The van der Waals surface area contributed by atoms with Gasteiger partial charge in [-0.05, 0) is 29.8 Å². The van der Waals surface area contributed by atoms with Crippen molar-refractivity contribution in [3.05, 3.63) is 52.2 Å². The van der Waals surface area contributed by atoms with Crippen molar-refractivity contribution in [2.24, 2.45) is 5.10 Å². The number of phenols is 1. The molecule has 3 N–H and O–H groups in total. The van der Waals surface area contributed by atoms with E-state index in [4.69, 9.17) is 4.55 Å². The molecule has 0 aliphatic heterocycles. The predicted molar refractivity (Wildman–Crippen MR) is 80.0 cm³/mol. The number of nitrogens with zero attached hydrogens (tertiary/aromatic N) is 3. The summed E-state index contributed by atoms with van der Waals surface area (Å²) in [7, 11) is -4.55. The number of hydrogen-bond acceptors (Lipinski definition) is 8. The van der Waals surface area contributed by atoms with E-state index in [1.165, 1.54) is 24.4 Å². The summed E-state index contributed by atoms with van der Waals surface area (Å²) in [6.45, 7) is 0. The number of aromatic nitrogens is 1. The Hall–Kier alpha value is -3.05. The largest absolute Gasteiger partial charge is 0.506 e. The highest BCUT2D eigenvalue weighted by atomic mass is 32.2. The first-order chi connectivity index (χ1) is 10.8. The molecule has 0 fully saturated rings. The van der Waals surface area contributed by atoms with Gasteiger partial charge in [-0.15, -0.1) is 0 Å². The normalized spacial score (nSPS) is 11.5. The van der Waals surface area contributed by atoms with Crippen LogP contribution in [-0.4, -0.2) is 34.2 Å². The Morgan fingerprint density at radius 1 is 1.30 bits per heavy atom. The van der Waals surface area contributed by atoms with E-state index in [0.717, 1.165) is 18.3 Å². The summed E-state index contributed by atoms with van der Waals surface area (Å²) in [5, 5.41) is 23.6. The fraction of sp³-hybridized carbons (Fsp3) is 0. The zero-order chi connectivity index (χ0) is 17.0. The lowest BCUT2D eigenvalue weighted by Gasteiger charge is -2.02. The van der Waals surface area contributed by atoms with Gasteiger partial charge in [0.25, 0.3) is 15.8 Å². The minimum atomic E-state index is -4.55. The van der Waals surface area contributed by atoms with Crippen LogP contribution in [-0.2, 0) is 10.1 Å². The van der Waals surface area contributed by atoms with Gasteiger partial charge < -0.3 is 5.11 Å². The third kappa shape index (κ3) is 4.21. The Morgan fingerprint density at radius 3 is 2.61 bits per heavy atom. The minimum Gasteiger partial charge on any atom is -0.506 e. The van der Waals surface area contributed by atoms with Gasteiger partial charge in [0.2, 0.25) is 0 Å². The smallest absolute Gasteiger partial charge is 0.298 e. The van der Waals surface area contributed by atoms with Crippen molar-refractivity contribution in [2.45, 2.75) is 4.90 Å². The Labute approximate surface area is 130 Å². The average Bonchev–Trinajstić information content (AvgIpc) is 2.48. The fourth-order valence-electron chi connectivity index (χ4n) is 1.55. The van der Waals surface area contributed by atoms with Gasteiger partial charge in [0, 0.05) is 6.07 Å². The van der Waals surface area contributed by atoms with Gasteiger partial charge in [0.1, 0.15) is 22.7 Å². The average molecular weight is 338 g/mol. The van der Waals surface area contributed by atoms with Crippen LogP contribution in [0.3, 0.4) is 0 Å². The maximum absolute atomic E-state index is 11.1. The van der Waals surface area contributed by atoms with Crippen molar-refractivity contribution >= 4 is 27.8 Å².